The maximum Gasteiger partial charge on any atom is 0.165 e. The molecule has 5 heteroatoms. The fourth-order valence-electron chi connectivity index (χ4n) is 2.34. The van der Waals surface area contributed by atoms with Gasteiger partial charge in [-0.25, -0.2) is 4.39 Å². The van der Waals surface area contributed by atoms with Gasteiger partial charge in [0.1, 0.15) is 17.3 Å². The van der Waals surface area contributed by atoms with Crippen molar-refractivity contribution in [2.75, 3.05) is 7.11 Å². The van der Waals surface area contributed by atoms with Gasteiger partial charge in [0, 0.05) is 23.7 Å². The van der Waals surface area contributed by atoms with Crippen LogP contribution in [0.2, 0.25) is 0 Å². The minimum Gasteiger partial charge on any atom is -0.494 e. The lowest BCUT2D eigenvalue weighted by Gasteiger charge is -2.12. The molecule has 4 nitrogen and oxygen atoms in total. The highest BCUT2D eigenvalue weighted by molar-refractivity contribution is 5.97. The van der Waals surface area contributed by atoms with E-state index in [1.54, 1.807) is 19.1 Å². The topological polar surface area (TPSA) is 59.4 Å². The standard InChI is InChI=1S/C17H18FNO3/c1-11-14(9-19-15(10-20)17(11)22-2)16(21)8-5-12-3-6-13(18)7-4-12/h3-4,6-7,9,20H,5,8,10H2,1-2H3. The van der Waals surface area contributed by atoms with Crippen LogP contribution in [0.4, 0.5) is 4.39 Å². The smallest absolute Gasteiger partial charge is 0.165 e. The SMILES string of the molecule is COc1c(CO)ncc(C(=O)CCc2ccc(F)cc2)c1C. The molecule has 0 radical (unpaired) electrons. The van der Waals surface area contributed by atoms with E-state index in [0.29, 0.717) is 35.4 Å². The second-order valence-electron chi connectivity index (χ2n) is 4.98. The van der Waals surface area contributed by atoms with E-state index in [1.807, 2.05) is 0 Å². The number of carbonyl (C=O) groups is 1. The largest absolute Gasteiger partial charge is 0.494 e. The number of rotatable bonds is 6. The molecule has 1 heterocycles. The summed E-state index contributed by atoms with van der Waals surface area (Å²) in [5, 5.41) is 9.22. The van der Waals surface area contributed by atoms with Crippen molar-refractivity contribution in [1.29, 1.82) is 0 Å². The number of aryl methyl sites for hydroxylation is 1. The molecule has 0 aliphatic rings. The number of halogens is 1. The van der Waals surface area contributed by atoms with Gasteiger partial charge < -0.3 is 9.84 Å². The molecule has 1 aromatic carbocycles. The van der Waals surface area contributed by atoms with Crippen LogP contribution in [0.3, 0.4) is 0 Å². The molecule has 0 aliphatic carbocycles. The summed E-state index contributed by atoms with van der Waals surface area (Å²) in [5.74, 6) is 0.0895. The molecule has 0 atom stereocenters. The van der Waals surface area contributed by atoms with Gasteiger partial charge in [-0.15, -0.1) is 0 Å². The van der Waals surface area contributed by atoms with E-state index in [4.69, 9.17) is 4.74 Å². The number of aromatic nitrogens is 1. The summed E-state index contributed by atoms with van der Waals surface area (Å²) in [7, 11) is 1.48. The number of nitrogens with zero attached hydrogens (tertiary/aromatic N) is 1. The number of aliphatic hydroxyl groups is 1. The number of pyridine rings is 1. The van der Waals surface area contributed by atoms with Crippen LogP contribution >= 0.6 is 0 Å². The van der Waals surface area contributed by atoms with Crippen LogP contribution in [0.1, 0.15) is 33.6 Å². The molecule has 0 bridgehead atoms. The molecule has 0 amide bonds. The lowest BCUT2D eigenvalue weighted by molar-refractivity contribution is 0.0981. The second-order valence-corrected chi connectivity index (χ2v) is 4.98. The van der Waals surface area contributed by atoms with E-state index in [9.17, 15) is 14.3 Å². The Bertz CT molecular complexity index is 668. The Kier molecular flexibility index (Phi) is 5.22. The van der Waals surface area contributed by atoms with Gasteiger partial charge in [0.25, 0.3) is 0 Å². The molecule has 0 aliphatic heterocycles. The van der Waals surface area contributed by atoms with Crippen LogP contribution < -0.4 is 4.74 Å². The zero-order chi connectivity index (χ0) is 16.1. The number of aliphatic hydroxyl groups excluding tert-OH is 1. The van der Waals surface area contributed by atoms with E-state index in [0.717, 1.165) is 5.56 Å². The Labute approximate surface area is 128 Å². The van der Waals surface area contributed by atoms with Crippen LogP contribution in [0, 0.1) is 12.7 Å². The third kappa shape index (κ3) is 3.49. The van der Waals surface area contributed by atoms with E-state index in [1.165, 1.54) is 25.4 Å². The Morgan fingerprint density at radius 3 is 2.59 bits per heavy atom. The highest BCUT2D eigenvalue weighted by Gasteiger charge is 2.16. The van der Waals surface area contributed by atoms with Crippen molar-refractivity contribution in [3.05, 3.63) is 58.7 Å². The summed E-state index contributed by atoms with van der Waals surface area (Å²) >= 11 is 0. The molecule has 0 unspecified atom stereocenters. The van der Waals surface area contributed by atoms with Crippen molar-refractivity contribution in [1.82, 2.24) is 4.98 Å². The number of benzene rings is 1. The summed E-state index contributed by atoms with van der Waals surface area (Å²) in [6, 6.07) is 6.10. The maximum absolute atomic E-state index is 12.8. The molecule has 22 heavy (non-hydrogen) atoms. The van der Waals surface area contributed by atoms with E-state index >= 15 is 0 Å². The molecule has 0 fully saturated rings. The minimum absolute atomic E-state index is 0.0582. The lowest BCUT2D eigenvalue weighted by atomic mass is 10.00. The predicted molar refractivity (Wildman–Crippen MR) is 80.5 cm³/mol. The Hall–Kier alpha value is -2.27. The first-order valence-corrected chi connectivity index (χ1v) is 6.97. The van der Waals surface area contributed by atoms with Gasteiger partial charge in [0.05, 0.1) is 13.7 Å². The maximum atomic E-state index is 12.8. The summed E-state index contributed by atoms with van der Waals surface area (Å²) in [5.41, 5.74) is 2.47. The fourth-order valence-corrected chi connectivity index (χ4v) is 2.34. The molecule has 0 saturated carbocycles. The molecule has 116 valence electrons. The van der Waals surface area contributed by atoms with Gasteiger partial charge in [-0.1, -0.05) is 12.1 Å². The van der Waals surface area contributed by atoms with Crippen LogP contribution in [0.15, 0.2) is 30.5 Å². The first-order valence-electron chi connectivity index (χ1n) is 6.97. The van der Waals surface area contributed by atoms with Crippen molar-refractivity contribution in [3.8, 4) is 5.75 Å². The number of ether oxygens (including phenoxy) is 1. The zero-order valence-electron chi connectivity index (χ0n) is 12.6. The predicted octanol–water partition coefficient (Wildman–Crippen LogP) is 2.85. The van der Waals surface area contributed by atoms with Crippen molar-refractivity contribution in [2.45, 2.75) is 26.4 Å². The number of carbonyl (C=O) groups excluding carboxylic acids is 1. The van der Waals surface area contributed by atoms with Crippen LogP contribution in [-0.4, -0.2) is 23.0 Å². The zero-order valence-corrected chi connectivity index (χ0v) is 12.6. The minimum atomic E-state index is -0.292. The van der Waals surface area contributed by atoms with Crippen molar-refractivity contribution in [3.63, 3.8) is 0 Å². The van der Waals surface area contributed by atoms with Gasteiger partial charge in [0.2, 0.25) is 0 Å². The van der Waals surface area contributed by atoms with Crippen molar-refractivity contribution < 1.29 is 19.0 Å². The normalized spacial score (nSPS) is 10.5. The average molecular weight is 303 g/mol. The number of Topliss-reactive ketones (excluding diaryl/α,β-unsaturated/α-hetero) is 1. The highest BCUT2D eigenvalue weighted by atomic mass is 19.1. The molecular weight excluding hydrogens is 285 g/mol. The number of hydrogen-bond donors (Lipinski definition) is 1. The third-order valence-electron chi connectivity index (χ3n) is 3.56. The molecule has 2 aromatic rings. The monoisotopic (exact) mass is 303 g/mol. The van der Waals surface area contributed by atoms with Gasteiger partial charge in [-0.05, 0) is 31.0 Å². The quantitative estimate of drug-likeness (QED) is 0.834. The summed E-state index contributed by atoms with van der Waals surface area (Å²) in [4.78, 5) is 16.4. The third-order valence-corrected chi connectivity index (χ3v) is 3.56. The van der Waals surface area contributed by atoms with Gasteiger partial charge in [0.15, 0.2) is 5.78 Å². The van der Waals surface area contributed by atoms with E-state index in [-0.39, 0.29) is 18.2 Å². The van der Waals surface area contributed by atoms with Crippen molar-refractivity contribution >= 4 is 5.78 Å². The average Bonchev–Trinajstić information content (AvgIpc) is 2.53. The summed E-state index contributed by atoms with van der Waals surface area (Å²) in [6.07, 6.45) is 2.30. The highest BCUT2D eigenvalue weighted by Crippen LogP contribution is 2.25. The second kappa shape index (κ2) is 7.13. The molecule has 0 saturated heterocycles. The number of ketones is 1. The molecule has 0 spiro atoms. The Balaban J connectivity index is 2.14. The number of hydrogen-bond acceptors (Lipinski definition) is 4. The fraction of sp³-hybridized carbons (Fsp3) is 0.294. The van der Waals surface area contributed by atoms with Gasteiger partial charge in [-0.3, -0.25) is 9.78 Å². The molecule has 1 N–H and O–H groups in total. The molecule has 1 aromatic heterocycles. The van der Waals surface area contributed by atoms with Crippen LogP contribution in [-0.2, 0) is 13.0 Å². The first kappa shape index (κ1) is 16.1. The Morgan fingerprint density at radius 1 is 1.32 bits per heavy atom. The molecular formula is C17H18FNO3. The lowest BCUT2D eigenvalue weighted by Crippen LogP contribution is -2.08. The first-order chi connectivity index (χ1) is 10.6. The van der Waals surface area contributed by atoms with E-state index < -0.39 is 0 Å². The van der Waals surface area contributed by atoms with Crippen LogP contribution in [0.25, 0.3) is 0 Å². The van der Waals surface area contributed by atoms with Gasteiger partial charge in [-0.2, -0.15) is 0 Å². The van der Waals surface area contributed by atoms with Crippen molar-refractivity contribution in [2.24, 2.45) is 0 Å². The van der Waals surface area contributed by atoms with Crippen LogP contribution in [0.5, 0.6) is 5.75 Å². The van der Waals surface area contributed by atoms with Gasteiger partial charge >= 0.3 is 0 Å². The summed E-state index contributed by atoms with van der Waals surface area (Å²) in [6.45, 7) is 1.53. The number of methoxy groups -OCH3 is 1. The molecule has 2 rings (SSSR count). The Morgan fingerprint density at radius 2 is 2.00 bits per heavy atom. The summed E-state index contributed by atoms with van der Waals surface area (Å²) < 4.78 is 18.1. The van der Waals surface area contributed by atoms with E-state index in [2.05, 4.69) is 4.98 Å².